The average Bonchev–Trinajstić information content (AvgIpc) is 2.36. The number of anilines is 1. The zero-order chi connectivity index (χ0) is 13.1. The molecule has 2 aromatic carbocycles. The van der Waals surface area contributed by atoms with E-state index in [9.17, 15) is 0 Å². The molecule has 0 saturated carbocycles. The number of rotatable bonds is 3. The maximum Gasteiger partial charge on any atom is 0.127 e. The monoisotopic (exact) mass is 241 g/mol. The molecule has 0 aromatic heterocycles. The van der Waals surface area contributed by atoms with Crippen molar-refractivity contribution in [1.82, 2.24) is 0 Å². The predicted octanol–water partition coefficient (Wildman–Crippen LogP) is 3.77. The first kappa shape index (κ1) is 12.5. The number of aryl methyl sites for hydroxylation is 2. The molecule has 0 spiro atoms. The molecule has 0 aliphatic heterocycles. The van der Waals surface area contributed by atoms with Crippen LogP contribution >= 0.6 is 0 Å². The van der Waals surface area contributed by atoms with Gasteiger partial charge in [0.25, 0.3) is 0 Å². The van der Waals surface area contributed by atoms with Crippen LogP contribution in [0.4, 0.5) is 5.69 Å². The molecule has 2 aromatic rings. The summed E-state index contributed by atoms with van der Waals surface area (Å²) in [5.74, 6) is 0.899. The Morgan fingerprint density at radius 3 is 2.28 bits per heavy atom. The summed E-state index contributed by atoms with van der Waals surface area (Å²) < 4.78 is 5.89. The van der Waals surface area contributed by atoms with Crippen LogP contribution in [0.25, 0.3) is 0 Å². The third kappa shape index (κ3) is 2.65. The minimum absolute atomic E-state index is 0.575. The second-order valence-corrected chi connectivity index (χ2v) is 4.70. The second-order valence-electron chi connectivity index (χ2n) is 4.70. The standard InChI is InChI=1S/C16H19NO/c1-11-4-7-14(8-5-11)10-18-16-12(2)6-9-15(17)13(16)3/h4-9H,10,17H2,1-3H3. The lowest BCUT2D eigenvalue weighted by Crippen LogP contribution is -2.01. The molecule has 0 saturated heterocycles. The van der Waals surface area contributed by atoms with Gasteiger partial charge in [-0.25, -0.2) is 0 Å². The van der Waals surface area contributed by atoms with Crippen LogP contribution in [0.5, 0.6) is 5.75 Å². The Labute approximate surface area is 108 Å². The lowest BCUT2D eigenvalue weighted by molar-refractivity contribution is 0.302. The molecule has 0 bridgehead atoms. The number of nitrogens with two attached hydrogens (primary N) is 1. The molecule has 0 radical (unpaired) electrons. The van der Waals surface area contributed by atoms with Gasteiger partial charge in [0, 0.05) is 11.3 Å². The maximum absolute atomic E-state index is 5.90. The first-order valence-corrected chi connectivity index (χ1v) is 6.12. The lowest BCUT2D eigenvalue weighted by Gasteiger charge is -2.13. The summed E-state index contributed by atoms with van der Waals surface area (Å²) in [7, 11) is 0. The summed E-state index contributed by atoms with van der Waals surface area (Å²) in [5.41, 5.74) is 11.2. The van der Waals surface area contributed by atoms with Gasteiger partial charge in [0.1, 0.15) is 12.4 Å². The fourth-order valence-corrected chi connectivity index (χ4v) is 1.90. The van der Waals surface area contributed by atoms with E-state index in [2.05, 4.69) is 31.2 Å². The molecular formula is C16H19NO. The maximum atomic E-state index is 5.90. The van der Waals surface area contributed by atoms with Crippen molar-refractivity contribution in [2.75, 3.05) is 5.73 Å². The SMILES string of the molecule is Cc1ccc(COc2c(C)ccc(N)c2C)cc1. The van der Waals surface area contributed by atoms with Crippen LogP contribution in [0.3, 0.4) is 0 Å². The molecule has 0 heterocycles. The molecule has 0 unspecified atom stereocenters. The van der Waals surface area contributed by atoms with Crippen molar-refractivity contribution < 1.29 is 4.74 Å². The summed E-state index contributed by atoms with van der Waals surface area (Å²) in [6, 6.07) is 12.3. The van der Waals surface area contributed by atoms with Gasteiger partial charge in [0.05, 0.1) is 0 Å². The molecule has 0 fully saturated rings. The Bertz CT molecular complexity index is 544. The minimum Gasteiger partial charge on any atom is -0.488 e. The number of ether oxygens (including phenoxy) is 1. The Morgan fingerprint density at radius 2 is 1.61 bits per heavy atom. The molecular weight excluding hydrogens is 222 g/mol. The molecule has 2 N–H and O–H groups in total. The minimum atomic E-state index is 0.575. The van der Waals surface area contributed by atoms with Gasteiger partial charge in [0.2, 0.25) is 0 Å². The molecule has 2 rings (SSSR count). The Morgan fingerprint density at radius 1 is 0.944 bits per heavy atom. The normalized spacial score (nSPS) is 10.4. The molecule has 2 nitrogen and oxygen atoms in total. The fraction of sp³-hybridized carbons (Fsp3) is 0.250. The van der Waals surface area contributed by atoms with Crippen molar-refractivity contribution in [2.24, 2.45) is 0 Å². The molecule has 0 atom stereocenters. The number of nitrogen functional groups attached to an aromatic ring is 1. The average molecular weight is 241 g/mol. The molecule has 2 heteroatoms. The van der Waals surface area contributed by atoms with Gasteiger partial charge in [-0.1, -0.05) is 35.9 Å². The number of hydrogen-bond donors (Lipinski definition) is 1. The van der Waals surface area contributed by atoms with Gasteiger partial charge in [-0.3, -0.25) is 0 Å². The van der Waals surface area contributed by atoms with Gasteiger partial charge in [-0.05, 0) is 38.0 Å². The van der Waals surface area contributed by atoms with E-state index in [-0.39, 0.29) is 0 Å². The molecule has 0 aliphatic rings. The van der Waals surface area contributed by atoms with E-state index in [1.807, 2.05) is 26.0 Å². The van der Waals surface area contributed by atoms with Crippen LogP contribution in [0.2, 0.25) is 0 Å². The van der Waals surface area contributed by atoms with E-state index >= 15 is 0 Å². The zero-order valence-electron chi connectivity index (χ0n) is 11.2. The largest absolute Gasteiger partial charge is 0.488 e. The molecule has 0 amide bonds. The number of hydrogen-bond acceptors (Lipinski definition) is 2. The van der Waals surface area contributed by atoms with E-state index in [4.69, 9.17) is 10.5 Å². The number of benzene rings is 2. The van der Waals surface area contributed by atoms with E-state index in [1.165, 1.54) is 11.1 Å². The molecule has 18 heavy (non-hydrogen) atoms. The summed E-state index contributed by atoms with van der Waals surface area (Å²) in [5, 5.41) is 0. The first-order valence-electron chi connectivity index (χ1n) is 6.12. The van der Waals surface area contributed by atoms with Gasteiger partial charge in [0.15, 0.2) is 0 Å². The molecule has 0 aliphatic carbocycles. The smallest absolute Gasteiger partial charge is 0.127 e. The third-order valence-electron chi connectivity index (χ3n) is 3.15. The quantitative estimate of drug-likeness (QED) is 0.830. The van der Waals surface area contributed by atoms with Gasteiger partial charge in [-0.2, -0.15) is 0 Å². The predicted molar refractivity (Wildman–Crippen MR) is 75.8 cm³/mol. The van der Waals surface area contributed by atoms with Crippen LogP contribution < -0.4 is 10.5 Å². The fourth-order valence-electron chi connectivity index (χ4n) is 1.90. The van der Waals surface area contributed by atoms with Crippen LogP contribution in [0.15, 0.2) is 36.4 Å². The second kappa shape index (κ2) is 5.13. The van der Waals surface area contributed by atoms with Crippen LogP contribution in [0.1, 0.15) is 22.3 Å². The van der Waals surface area contributed by atoms with E-state index in [0.717, 1.165) is 22.6 Å². The highest BCUT2D eigenvalue weighted by atomic mass is 16.5. The van der Waals surface area contributed by atoms with Gasteiger partial charge in [-0.15, -0.1) is 0 Å². The zero-order valence-corrected chi connectivity index (χ0v) is 11.2. The van der Waals surface area contributed by atoms with Crippen molar-refractivity contribution >= 4 is 5.69 Å². The van der Waals surface area contributed by atoms with Crippen molar-refractivity contribution in [3.8, 4) is 5.75 Å². The van der Waals surface area contributed by atoms with E-state index < -0.39 is 0 Å². The van der Waals surface area contributed by atoms with Crippen LogP contribution in [-0.4, -0.2) is 0 Å². The lowest BCUT2D eigenvalue weighted by atomic mass is 10.1. The van der Waals surface area contributed by atoms with Gasteiger partial charge >= 0.3 is 0 Å². The Balaban J connectivity index is 2.15. The highest BCUT2D eigenvalue weighted by molar-refractivity contribution is 5.56. The van der Waals surface area contributed by atoms with Crippen molar-refractivity contribution in [3.63, 3.8) is 0 Å². The topological polar surface area (TPSA) is 35.2 Å². The van der Waals surface area contributed by atoms with Crippen molar-refractivity contribution in [3.05, 3.63) is 58.7 Å². The first-order chi connectivity index (χ1) is 8.58. The van der Waals surface area contributed by atoms with Crippen molar-refractivity contribution in [2.45, 2.75) is 27.4 Å². The van der Waals surface area contributed by atoms with Crippen molar-refractivity contribution in [1.29, 1.82) is 0 Å². The summed E-state index contributed by atoms with van der Waals surface area (Å²) >= 11 is 0. The summed E-state index contributed by atoms with van der Waals surface area (Å²) in [4.78, 5) is 0. The van der Waals surface area contributed by atoms with E-state index in [0.29, 0.717) is 6.61 Å². The molecule has 94 valence electrons. The Hall–Kier alpha value is -1.96. The summed E-state index contributed by atoms with van der Waals surface area (Å²) in [6.07, 6.45) is 0. The van der Waals surface area contributed by atoms with Crippen LogP contribution in [0, 0.1) is 20.8 Å². The summed E-state index contributed by atoms with van der Waals surface area (Å²) in [6.45, 7) is 6.69. The van der Waals surface area contributed by atoms with E-state index in [1.54, 1.807) is 0 Å². The highest BCUT2D eigenvalue weighted by Gasteiger charge is 2.07. The third-order valence-corrected chi connectivity index (χ3v) is 3.15. The highest BCUT2D eigenvalue weighted by Crippen LogP contribution is 2.28. The van der Waals surface area contributed by atoms with Crippen LogP contribution in [-0.2, 0) is 6.61 Å². The van der Waals surface area contributed by atoms with Gasteiger partial charge < -0.3 is 10.5 Å². The Kier molecular flexibility index (Phi) is 3.56.